The maximum Gasteiger partial charge on any atom is 0.313 e. The van der Waals surface area contributed by atoms with Gasteiger partial charge in [-0.25, -0.2) is 0 Å². The first-order valence-electron chi connectivity index (χ1n) is 7.02. The summed E-state index contributed by atoms with van der Waals surface area (Å²) in [5, 5.41) is 6.35. The molecular weight excluding hydrogens is 256 g/mol. The van der Waals surface area contributed by atoms with E-state index in [4.69, 9.17) is 4.74 Å². The van der Waals surface area contributed by atoms with Gasteiger partial charge in [-0.3, -0.25) is 9.59 Å². The van der Waals surface area contributed by atoms with Crippen molar-refractivity contribution in [2.24, 2.45) is 5.92 Å². The minimum absolute atomic E-state index is 0.129. The van der Waals surface area contributed by atoms with Crippen LogP contribution >= 0.6 is 0 Å². The maximum absolute atomic E-state index is 12.3. The van der Waals surface area contributed by atoms with E-state index >= 15 is 0 Å². The molecule has 1 aliphatic carbocycles. The third-order valence-electron chi connectivity index (χ3n) is 4.10. The number of fused-ring (bicyclic) bond motifs is 1. The van der Waals surface area contributed by atoms with Crippen molar-refractivity contribution >= 4 is 17.6 Å². The summed E-state index contributed by atoms with van der Waals surface area (Å²) in [5.41, 5.74) is 0.706. The number of carbonyl (C=O) groups excluding carboxylic acids is 2. The van der Waals surface area contributed by atoms with Gasteiger partial charge in [0.2, 0.25) is 0 Å². The summed E-state index contributed by atoms with van der Waals surface area (Å²) in [6.07, 6.45) is 2.35. The van der Waals surface area contributed by atoms with Crippen LogP contribution < -0.4 is 10.6 Å². The van der Waals surface area contributed by atoms with Gasteiger partial charge in [-0.2, -0.15) is 0 Å². The van der Waals surface area contributed by atoms with Crippen molar-refractivity contribution in [3.05, 3.63) is 29.8 Å². The molecular formula is C15H18N2O3. The van der Waals surface area contributed by atoms with Gasteiger partial charge >= 0.3 is 5.97 Å². The molecule has 5 nitrogen and oxygen atoms in total. The number of anilines is 1. The van der Waals surface area contributed by atoms with E-state index in [1.165, 1.54) is 0 Å². The zero-order chi connectivity index (χ0) is 14.2. The van der Waals surface area contributed by atoms with Crippen LogP contribution in [0.25, 0.3) is 0 Å². The Morgan fingerprint density at radius 1 is 1.40 bits per heavy atom. The lowest BCUT2D eigenvalue weighted by molar-refractivity contribution is -0.149. The third-order valence-corrected chi connectivity index (χ3v) is 4.10. The molecule has 106 valence electrons. The van der Waals surface area contributed by atoms with Crippen molar-refractivity contribution < 1.29 is 14.3 Å². The molecule has 0 radical (unpaired) electrons. The summed E-state index contributed by atoms with van der Waals surface area (Å²) < 4.78 is 5.15. The van der Waals surface area contributed by atoms with Crippen molar-refractivity contribution in [1.29, 1.82) is 0 Å². The molecule has 0 saturated heterocycles. The standard InChI is InChI=1S/C15H18N2O3/c1-2-20-14(19)11-7-5-9-15(11)16-12-8-4-3-6-10(12)13(18)17-15/h3-4,6,8,11,16H,2,5,7,9H2,1H3,(H,17,18). The lowest BCUT2D eigenvalue weighted by atomic mass is 9.92. The Morgan fingerprint density at radius 3 is 3.00 bits per heavy atom. The molecule has 2 atom stereocenters. The first-order valence-corrected chi connectivity index (χ1v) is 7.02. The van der Waals surface area contributed by atoms with E-state index in [0.717, 1.165) is 24.9 Å². The number of benzene rings is 1. The zero-order valence-corrected chi connectivity index (χ0v) is 11.4. The Balaban J connectivity index is 1.94. The number of amides is 1. The number of hydrogen-bond acceptors (Lipinski definition) is 4. The SMILES string of the molecule is CCOC(=O)C1CCCC12NC(=O)c1ccccc1N2. The lowest BCUT2D eigenvalue weighted by Gasteiger charge is -2.40. The Bertz CT molecular complexity index is 558. The van der Waals surface area contributed by atoms with Crippen molar-refractivity contribution in [1.82, 2.24) is 5.32 Å². The molecule has 1 aliphatic heterocycles. The summed E-state index contributed by atoms with van der Waals surface area (Å²) in [4.78, 5) is 24.4. The van der Waals surface area contributed by atoms with Gasteiger partial charge in [-0.15, -0.1) is 0 Å². The molecule has 1 spiro atoms. The average molecular weight is 274 g/mol. The minimum atomic E-state index is -0.697. The molecule has 0 bridgehead atoms. The smallest absolute Gasteiger partial charge is 0.313 e. The Morgan fingerprint density at radius 2 is 2.20 bits per heavy atom. The third kappa shape index (κ3) is 1.94. The van der Waals surface area contributed by atoms with Crippen LogP contribution in [0.1, 0.15) is 36.5 Å². The second kappa shape index (κ2) is 4.81. The lowest BCUT2D eigenvalue weighted by Crippen LogP contribution is -2.61. The van der Waals surface area contributed by atoms with Crippen LogP contribution in [0.5, 0.6) is 0 Å². The summed E-state index contributed by atoms with van der Waals surface area (Å²) in [7, 11) is 0. The maximum atomic E-state index is 12.3. The highest BCUT2D eigenvalue weighted by molar-refractivity contribution is 6.02. The van der Waals surface area contributed by atoms with Gasteiger partial charge in [-0.1, -0.05) is 12.1 Å². The van der Waals surface area contributed by atoms with E-state index in [0.29, 0.717) is 12.2 Å². The summed E-state index contributed by atoms with van der Waals surface area (Å²) in [5.74, 6) is -0.701. The fraction of sp³-hybridized carbons (Fsp3) is 0.467. The predicted octanol–water partition coefficient (Wildman–Crippen LogP) is 1.90. The van der Waals surface area contributed by atoms with Crippen LogP contribution in [0.4, 0.5) is 5.69 Å². The minimum Gasteiger partial charge on any atom is -0.466 e. The number of hydrogen-bond donors (Lipinski definition) is 2. The summed E-state index contributed by atoms with van der Waals surface area (Å²) in [6.45, 7) is 2.15. The number of esters is 1. The molecule has 5 heteroatoms. The molecule has 0 aromatic heterocycles. The number of carbonyl (C=O) groups is 2. The normalized spacial score (nSPS) is 27.6. The number of ether oxygens (including phenoxy) is 1. The molecule has 1 aromatic carbocycles. The molecule has 2 N–H and O–H groups in total. The van der Waals surface area contributed by atoms with Crippen molar-refractivity contribution in [3.8, 4) is 0 Å². The van der Waals surface area contributed by atoms with Gasteiger partial charge in [0.15, 0.2) is 0 Å². The van der Waals surface area contributed by atoms with Crippen LogP contribution in [-0.4, -0.2) is 24.1 Å². The second-order valence-electron chi connectivity index (χ2n) is 5.29. The largest absolute Gasteiger partial charge is 0.466 e. The van der Waals surface area contributed by atoms with E-state index in [-0.39, 0.29) is 17.8 Å². The summed E-state index contributed by atoms with van der Waals surface area (Å²) >= 11 is 0. The zero-order valence-electron chi connectivity index (χ0n) is 11.4. The van der Waals surface area contributed by atoms with Crippen molar-refractivity contribution in [2.45, 2.75) is 31.8 Å². The number of rotatable bonds is 2. The van der Waals surface area contributed by atoms with Crippen molar-refractivity contribution in [3.63, 3.8) is 0 Å². The Kier molecular flexibility index (Phi) is 3.12. The predicted molar refractivity (Wildman–Crippen MR) is 74.2 cm³/mol. The monoisotopic (exact) mass is 274 g/mol. The van der Waals surface area contributed by atoms with E-state index in [9.17, 15) is 9.59 Å². The first kappa shape index (κ1) is 13.0. The molecule has 2 unspecified atom stereocenters. The first-order chi connectivity index (χ1) is 9.66. The average Bonchev–Trinajstić information content (AvgIpc) is 2.82. The number of para-hydroxylation sites is 1. The van der Waals surface area contributed by atoms with E-state index in [1.807, 2.05) is 18.2 Å². The van der Waals surface area contributed by atoms with Crippen LogP contribution in [0.2, 0.25) is 0 Å². The molecule has 1 amide bonds. The van der Waals surface area contributed by atoms with Gasteiger partial charge in [0, 0.05) is 5.69 Å². The Hall–Kier alpha value is -2.04. The molecule has 1 aromatic rings. The van der Waals surface area contributed by atoms with Gasteiger partial charge in [0.05, 0.1) is 18.1 Å². The Labute approximate surface area is 117 Å². The van der Waals surface area contributed by atoms with Gasteiger partial charge in [-0.05, 0) is 38.3 Å². The highest BCUT2D eigenvalue weighted by atomic mass is 16.5. The van der Waals surface area contributed by atoms with Crippen LogP contribution in [-0.2, 0) is 9.53 Å². The van der Waals surface area contributed by atoms with Crippen LogP contribution in [0.15, 0.2) is 24.3 Å². The highest BCUT2D eigenvalue weighted by Gasteiger charge is 2.51. The number of nitrogens with one attached hydrogen (secondary N) is 2. The molecule has 1 saturated carbocycles. The van der Waals surface area contributed by atoms with Crippen LogP contribution in [0.3, 0.4) is 0 Å². The summed E-state index contributed by atoms with van der Waals surface area (Å²) in [6, 6.07) is 7.36. The molecule has 2 aliphatic rings. The van der Waals surface area contributed by atoms with Crippen LogP contribution in [0, 0.1) is 5.92 Å². The quantitative estimate of drug-likeness (QED) is 0.808. The molecule has 1 heterocycles. The van der Waals surface area contributed by atoms with E-state index in [1.54, 1.807) is 13.0 Å². The molecule has 3 rings (SSSR count). The van der Waals surface area contributed by atoms with Crippen molar-refractivity contribution in [2.75, 3.05) is 11.9 Å². The topological polar surface area (TPSA) is 67.4 Å². The second-order valence-corrected chi connectivity index (χ2v) is 5.29. The molecule has 1 fully saturated rings. The highest BCUT2D eigenvalue weighted by Crippen LogP contribution is 2.40. The van der Waals surface area contributed by atoms with E-state index in [2.05, 4.69) is 10.6 Å². The fourth-order valence-electron chi connectivity index (χ4n) is 3.20. The van der Waals surface area contributed by atoms with Gasteiger partial charge < -0.3 is 15.4 Å². The van der Waals surface area contributed by atoms with Gasteiger partial charge in [0.25, 0.3) is 5.91 Å². The fourth-order valence-corrected chi connectivity index (χ4v) is 3.20. The molecule has 20 heavy (non-hydrogen) atoms. The van der Waals surface area contributed by atoms with Gasteiger partial charge in [0.1, 0.15) is 5.66 Å². The van der Waals surface area contributed by atoms with E-state index < -0.39 is 5.66 Å².